The molecule has 0 heterocycles. The summed E-state index contributed by atoms with van der Waals surface area (Å²) in [5.74, 6) is -0.557. The topological polar surface area (TPSA) is 63.7 Å². The van der Waals surface area contributed by atoms with Gasteiger partial charge in [0.05, 0.1) is 23.1 Å². The van der Waals surface area contributed by atoms with Crippen LogP contribution in [-0.2, 0) is 27.5 Å². The maximum atomic E-state index is 13.2. The zero-order valence-electron chi connectivity index (χ0n) is 14.2. The van der Waals surface area contributed by atoms with E-state index in [1.165, 1.54) is 31.4 Å². The quantitative estimate of drug-likeness (QED) is 0.685. The number of halogens is 4. The van der Waals surface area contributed by atoms with E-state index in [4.69, 9.17) is 11.6 Å². The van der Waals surface area contributed by atoms with E-state index in [1.54, 1.807) is 0 Å². The van der Waals surface area contributed by atoms with Gasteiger partial charge >= 0.3 is 12.1 Å². The Bertz CT molecular complexity index is 944. The van der Waals surface area contributed by atoms with Crippen LogP contribution >= 0.6 is 11.6 Å². The molecule has 146 valence electrons. The molecule has 0 N–H and O–H groups in total. The van der Waals surface area contributed by atoms with Crippen molar-refractivity contribution in [2.24, 2.45) is 0 Å². The normalized spacial score (nSPS) is 12.3. The van der Waals surface area contributed by atoms with Crippen LogP contribution in [0, 0.1) is 0 Å². The Morgan fingerprint density at radius 1 is 1.15 bits per heavy atom. The number of rotatable bonds is 5. The Balaban J connectivity index is 2.33. The summed E-state index contributed by atoms with van der Waals surface area (Å²) in [6.45, 7) is -0.191. The van der Waals surface area contributed by atoms with Gasteiger partial charge in [0.1, 0.15) is 0 Å². The fourth-order valence-corrected chi connectivity index (χ4v) is 3.84. The molecule has 2 rings (SSSR count). The largest absolute Gasteiger partial charge is 0.465 e. The van der Waals surface area contributed by atoms with Crippen molar-refractivity contribution in [2.75, 3.05) is 14.2 Å². The minimum atomic E-state index is -4.88. The van der Waals surface area contributed by atoms with Crippen LogP contribution in [0.2, 0.25) is 5.02 Å². The first-order chi connectivity index (χ1) is 12.5. The Kier molecular flexibility index (Phi) is 6.18. The minimum absolute atomic E-state index is 0.191. The molecular formula is C17H15ClF3NO4S. The fraction of sp³-hybridized carbons (Fsp3) is 0.235. The highest BCUT2D eigenvalue weighted by Gasteiger charge is 2.38. The highest BCUT2D eigenvalue weighted by atomic mass is 35.5. The Morgan fingerprint density at radius 3 is 2.26 bits per heavy atom. The second kappa shape index (κ2) is 7.87. The Labute approximate surface area is 159 Å². The summed E-state index contributed by atoms with van der Waals surface area (Å²) >= 11 is 5.59. The van der Waals surface area contributed by atoms with Gasteiger partial charge in [-0.15, -0.1) is 0 Å². The second-order valence-corrected chi connectivity index (χ2v) is 8.04. The number of benzene rings is 2. The number of carbonyl (C=O) groups is 1. The predicted molar refractivity (Wildman–Crippen MR) is 92.9 cm³/mol. The van der Waals surface area contributed by atoms with Gasteiger partial charge in [-0.3, -0.25) is 0 Å². The summed E-state index contributed by atoms with van der Waals surface area (Å²) < 4.78 is 70.3. The fourth-order valence-electron chi connectivity index (χ4n) is 2.32. The van der Waals surface area contributed by atoms with Crippen molar-refractivity contribution in [3.8, 4) is 0 Å². The van der Waals surface area contributed by atoms with Crippen molar-refractivity contribution in [3.63, 3.8) is 0 Å². The molecule has 0 spiro atoms. The third-order valence-corrected chi connectivity index (χ3v) is 5.81. The third kappa shape index (κ3) is 4.79. The van der Waals surface area contributed by atoms with E-state index in [-0.39, 0.29) is 17.1 Å². The summed E-state index contributed by atoms with van der Waals surface area (Å²) in [5, 5.41) is -0.220. The average Bonchev–Trinajstić information content (AvgIpc) is 2.60. The van der Waals surface area contributed by atoms with E-state index in [0.717, 1.165) is 23.5 Å². The summed E-state index contributed by atoms with van der Waals surface area (Å²) in [6.07, 6.45) is -4.88. The van der Waals surface area contributed by atoms with Crippen molar-refractivity contribution >= 4 is 27.6 Å². The van der Waals surface area contributed by atoms with Gasteiger partial charge < -0.3 is 4.74 Å². The number of methoxy groups -OCH3 is 1. The number of esters is 1. The Hall–Kier alpha value is -2.10. The van der Waals surface area contributed by atoms with E-state index < -0.39 is 32.6 Å². The zero-order valence-corrected chi connectivity index (χ0v) is 15.8. The highest BCUT2D eigenvalue weighted by molar-refractivity contribution is 7.89. The molecule has 0 aliphatic rings. The van der Waals surface area contributed by atoms with Gasteiger partial charge in [0.2, 0.25) is 10.0 Å². The summed E-state index contributed by atoms with van der Waals surface area (Å²) in [5.41, 5.74) is -0.581. The maximum Gasteiger partial charge on any atom is 0.417 e. The van der Waals surface area contributed by atoms with Crippen LogP contribution in [0.5, 0.6) is 0 Å². The lowest BCUT2D eigenvalue weighted by atomic mass is 10.1. The number of carbonyl (C=O) groups excluding carboxylic acids is 1. The minimum Gasteiger partial charge on any atom is -0.465 e. The molecule has 27 heavy (non-hydrogen) atoms. The van der Waals surface area contributed by atoms with Gasteiger partial charge in [-0.1, -0.05) is 23.7 Å². The third-order valence-electron chi connectivity index (χ3n) is 3.72. The molecule has 0 fully saturated rings. The molecule has 0 saturated carbocycles. The van der Waals surface area contributed by atoms with Crippen LogP contribution in [0.3, 0.4) is 0 Å². The number of hydrogen-bond donors (Lipinski definition) is 0. The molecule has 0 bridgehead atoms. The molecule has 0 aromatic heterocycles. The molecule has 10 heteroatoms. The summed E-state index contributed by atoms with van der Waals surface area (Å²) in [4.78, 5) is 10.5. The number of hydrogen-bond acceptors (Lipinski definition) is 4. The molecule has 0 aliphatic heterocycles. The van der Waals surface area contributed by atoms with Gasteiger partial charge in [-0.2, -0.15) is 17.5 Å². The van der Waals surface area contributed by atoms with Crippen molar-refractivity contribution in [1.82, 2.24) is 4.31 Å². The van der Waals surface area contributed by atoms with Gasteiger partial charge in [-0.05, 0) is 35.9 Å². The molecule has 0 saturated heterocycles. The van der Waals surface area contributed by atoms with Crippen molar-refractivity contribution in [2.45, 2.75) is 17.6 Å². The van der Waals surface area contributed by atoms with Crippen LogP contribution in [-0.4, -0.2) is 32.8 Å². The van der Waals surface area contributed by atoms with Gasteiger partial charge in [0.15, 0.2) is 0 Å². The second-order valence-electron chi connectivity index (χ2n) is 5.59. The van der Waals surface area contributed by atoms with Crippen LogP contribution in [0.4, 0.5) is 13.2 Å². The van der Waals surface area contributed by atoms with Crippen LogP contribution in [0.15, 0.2) is 47.4 Å². The van der Waals surface area contributed by atoms with E-state index in [0.29, 0.717) is 11.6 Å². The molecule has 0 atom stereocenters. The standard InChI is InChI=1S/C17H15ClF3NO4S/c1-22(10-11-3-5-12(6-4-11)16(23)26-2)27(24,25)15-8-7-13(18)9-14(15)17(19,20)21/h3-9H,10H2,1-2H3. The van der Waals surface area contributed by atoms with Crippen LogP contribution in [0.25, 0.3) is 0 Å². The SMILES string of the molecule is COC(=O)c1ccc(CN(C)S(=O)(=O)c2ccc(Cl)cc2C(F)(F)F)cc1. The van der Waals surface area contributed by atoms with Crippen LogP contribution < -0.4 is 0 Å². The number of alkyl halides is 3. The van der Waals surface area contributed by atoms with Gasteiger partial charge in [0.25, 0.3) is 0 Å². The molecular weight excluding hydrogens is 407 g/mol. The Morgan fingerprint density at radius 2 is 1.74 bits per heavy atom. The lowest BCUT2D eigenvalue weighted by Crippen LogP contribution is -2.28. The predicted octanol–water partition coefficient (Wildman–Crippen LogP) is 3.97. The van der Waals surface area contributed by atoms with Crippen molar-refractivity contribution in [1.29, 1.82) is 0 Å². The maximum absolute atomic E-state index is 13.2. The lowest BCUT2D eigenvalue weighted by molar-refractivity contribution is -0.139. The van der Waals surface area contributed by atoms with Crippen molar-refractivity contribution in [3.05, 3.63) is 64.2 Å². The first-order valence-electron chi connectivity index (χ1n) is 7.47. The molecule has 0 radical (unpaired) electrons. The van der Waals surface area contributed by atoms with Crippen LogP contribution in [0.1, 0.15) is 21.5 Å². The zero-order chi connectivity index (χ0) is 20.4. The number of ether oxygens (including phenoxy) is 1. The van der Waals surface area contributed by atoms with Gasteiger partial charge in [0, 0.05) is 18.6 Å². The van der Waals surface area contributed by atoms with Crippen molar-refractivity contribution < 1.29 is 31.1 Å². The highest BCUT2D eigenvalue weighted by Crippen LogP contribution is 2.36. The monoisotopic (exact) mass is 421 g/mol. The molecule has 2 aromatic rings. The van der Waals surface area contributed by atoms with Gasteiger partial charge in [-0.25, -0.2) is 13.2 Å². The van der Waals surface area contributed by atoms with E-state index in [2.05, 4.69) is 4.74 Å². The molecule has 2 aromatic carbocycles. The molecule has 0 unspecified atom stereocenters. The number of nitrogens with zero attached hydrogens (tertiary/aromatic N) is 1. The first-order valence-corrected chi connectivity index (χ1v) is 9.29. The lowest BCUT2D eigenvalue weighted by Gasteiger charge is -2.20. The smallest absolute Gasteiger partial charge is 0.417 e. The summed E-state index contributed by atoms with van der Waals surface area (Å²) in [7, 11) is -2.05. The molecule has 0 aliphatic carbocycles. The number of sulfonamides is 1. The molecule has 5 nitrogen and oxygen atoms in total. The van der Waals surface area contributed by atoms with E-state index >= 15 is 0 Å². The first kappa shape index (κ1) is 21.2. The average molecular weight is 422 g/mol. The molecule has 0 amide bonds. The van der Waals surface area contributed by atoms with E-state index in [9.17, 15) is 26.4 Å². The van der Waals surface area contributed by atoms with E-state index in [1.807, 2.05) is 0 Å². The summed E-state index contributed by atoms with van der Waals surface area (Å²) in [6, 6.07) is 8.35.